The Hall–Kier alpha value is -2.67. The van der Waals surface area contributed by atoms with Gasteiger partial charge in [0.05, 0.1) is 18.0 Å². The molecule has 3 aromatic heterocycles. The van der Waals surface area contributed by atoms with Crippen molar-refractivity contribution in [3.05, 3.63) is 59.9 Å². The molecule has 0 aromatic carbocycles. The number of hydrogen-bond acceptors (Lipinski definition) is 7. The Kier molecular flexibility index (Phi) is 6.18. The SMILES string of the molecule is CSC(CNc1cc(-c2ccc(C)nc2)ncn1)C(C)c1ccnc2c1OCC2C. The molecule has 3 aromatic rings. The Morgan fingerprint density at radius 2 is 2.07 bits per heavy atom. The third kappa shape index (κ3) is 4.26. The van der Waals surface area contributed by atoms with Gasteiger partial charge in [-0.3, -0.25) is 9.97 Å². The smallest absolute Gasteiger partial charge is 0.144 e. The summed E-state index contributed by atoms with van der Waals surface area (Å²) in [6.07, 6.45) is 7.50. The standard InChI is InChI=1S/C23H27N5OS/c1-14-12-29-23-18(7-8-24-22(14)23)16(3)20(30-4)11-26-21-9-19(27-13-28-21)17-6-5-15(2)25-10-17/h5-10,13-14,16,20H,11-12H2,1-4H3,(H,26,27,28). The highest BCUT2D eigenvalue weighted by Crippen LogP contribution is 2.40. The molecule has 0 saturated carbocycles. The van der Waals surface area contributed by atoms with Crippen molar-refractivity contribution in [2.45, 2.75) is 37.9 Å². The fourth-order valence-corrected chi connectivity index (χ4v) is 4.54. The molecule has 1 aliphatic rings. The third-order valence-electron chi connectivity index (χ3n) is 5.62. The summed E-state index contributed by atoms with van der Waals surface area (Å²) in [4.78, 5) is 17.7. The predicted octanol–water partition coefficient (Wildman–Crippen LogP) is 4.69. The quantitative estimate of drug-likeness (QED) is 0.593. The van der Waals surface area contributed by atoms with Crippen molar-refractivity contribution in [2.24, 2.45) is 0 Å². The monoisotopic (exact) mass is 421 g/mol. The number of rotatable bonds is 7. The average molecular weight is 422 g/mol. The van der Waals surface area contributed by atoms with Crippen molar-refractivity contribution in [1.82, 2.24) is 19.9 Å². The van der Waals surface area contributed by atoms with Crippen LogP contribution in [0, 0.1) is 6.92 Å². The van der Waals surface area contributed by atoms with E-state index in [1.165, 1.54) is 5.56 Å². The van der Waals surface area contributed by atoms with Gasteiger partial charge >= 0.3 is 0 Å². The zero-order valence-corrected chi connectivity index (χ0v) is 18.6. The van der Waals surface area contributed by atoms with Crippen LogP contribution in [0.4, 0.5) is 5.82 Å². The van der Waals surface area contributed by atoms with E-state index in [0.717, 1.165) is 40.8 Å². The van der Waals surface area contributed by atoms with Crippen LogP contribution >= 0.6 is 11.8 Å². The van der Waals surface area contributed by atoms with Crippen molar-refractivity contribution < 1.29 is 4.74 Å². The first-order valence-corrected chi connectivity index (χ1v) is 11.5. The van der Waals surface area contributed by atoms with Crippen LogP contribution in [0.15, 0.2) is 43.0 Å². The Bertz CT molecular complexity index is 1010. The van der Waals surface area contributed by atoms with Gasteiger partial charge in [-0.15, -0.1) is 0 Å². The first-order chi connectivity index (χ1) is 14.6. The maximum absolute atomic E-state index is 5.97. The summed E-state index contributed by atoms with van der Waals surface area (Å²) in [5, 5.41) is 3.85. The molecule has 0 saturated heterocycles. The minimum absolute atomic E-state index is 0.317. The number of fused-ring (bicyclic) bond motifs is 1. The van der Waals surface area contributed by atoms with Crippen molar-refractivity contribution in [3.8, 4) is 17.0 Å². The molecule has 6 nitrogen and oxygen atoms in total. The first kappa shape index (κ1) is 20.6. The zero-order chi connectivity index (χ0) is 21.1. The van der Waals surface area contributed by atoms with Gasteiger partial charge in [0, 0.05) is 53.0 Å². The van der Waals surface area contributed by atoms with Gasteiger partial charge in [0.2, 0.25) is 0 Å². The summed E-state index contributed by atoms with van der Waals surface area (Å²) in [5.41, 5.74) is 5.16. The highest BCUT2D eigenvalue weighted by Gasteiger charge is 2.29. The second kappa shape index (κ2) is 9.00. The van der Waals surface area contributed by atoms with Gasteiger partial charge in [0.15, 0.2) is 0 Å². The van der Waals surface area contributed by atoms with Gasteiger partial charge in [-0.05, 0) is 37.3 Å². The number of nitrogens with zero attached hydrogens (tertiary/aromatic N) is 4. The van der Waals surface area contributed by atoms with E-state index in [-0.39, 0.29) is 0 Å². The Balaban J connectivity index is 1.48. The van der Waals surface area contributed by atoms with Crippen molar-refractivity contribution in [2.75, 3.05) is 24.7 Å². The fourth-order valence-electron chi connectivity index (χ4n) is 3.74. The van der Waals surface area contributed by atoms with Crippen LogP contribution in [-0.2, 0) is 0 Å². The van der Waals surface area contributed by atoms with Gasteiger partial charge in [0.25, 0.3) is 0 Å². The predicted molar refractivity (Wildman–Crippen MR) is 122 cm³/mol. The van der Waals surface area contributed by atoms with Crippen molar-refractivity contribution in [3.63, 3.8) is 0 Å². The van der Waals surface area contributed by atoms with E-state index in [1.54, 1.807) is 6.33 Å². The molecule has 4 heterocycles. The van der Waals surface area contributed by atoms with Crippen LogP contribution in [0.5, 0.6) is 5.75 Å². The van der Waals surface area contributed by atoms with E-state index in [2.05, 4.69) is 51.4 Å². The average Bonchev–Trinajstić information content (AvgIpc) is 3.16. The molecule has 3 unspecified atom stereocenters. The van der Waals surface area contributed by atoms with E-state index in [0.29, 0.717) is 23.7 Å². The molecule has 7 heteroatoms. The van der Waals surface area contributed by atoms with Gasteiger partial charge in [0.1, 0.15) is 17.9 Å². The Morgan fingerprint density at radius 3 is 2.83 bits per heavy atom. The van der Waals surface area contributed by atoms with Crippen LogP contribution in [0.1, 0.15) is 42.6 Å². The normalized spacial score (nSPS) is 17.1. The molecule has 0 spiro atoms. The minimum atomic E-state index is 0.317. The molecule has 0 aliphatic carbocycles. The molecule has 4 rings (SSSR count). The molecule has 0 radical (unpaired) electrons. The summed E-state index contributed by atoms with van der Waals surface area (Å²) in [6, 6.07) is 8.10. The van der Waals surface area contributed by atoms with Crippen molar-refractivity contribution >= 4 is 17.6 Å². The molecule has 0 amide bonds. The first-order valence-electron chi connectivity index (χ1n) is 10.2. The molecule has 30 heavy (non-hydrogen) atoms. The molecular weight excluding hydrogens is 394 g/mol. The van der Waals surface area contributed by atoms with Gasteiger partial charge in [-0.1, -0.05) is 13.8 Å². The van der Waals surface area contributed by atoms with E-state index < -0.39 is 0 Å². The van der Waals surface area contributed by atoms with Gasteiger partial charge < -0.3 is 10.1 Å². The molecule has 0 fully saturated rings. The van der Waals surface area contributed by atoms with E-state index in [4.69, 9.17) is 4.74 Å². The second-order valence-electron chi connectivity index (χ2n) is 7.75. The zero-order valence-electron chi connectivity index (χ0n) is 17.8. The number of aromatic nitrogens is 4. The van der Waals surface area contributed by atoms with E-state index in [1.807, 2.05) is 49.3 Å². The Labute approximate surface area is 181 Å². The number of anilines is 1. The van der Waals surface area contributed by atoms with E-state index in [9.17, 15) is 0 Å². The minimum Gasteiger partial charge on any atom is -0.491 e. The third-order valence-corrected chi connectivity index (χ3v) is 6.80. The molecule has 1 aliphatic heterocycles. The molecule has 0 bridgehead atoms. The topological polar surface area (TPSA) is 72.8 Å². The number of thioether (sulfide) groups is 1. The molecule has 3 atom stereocenters. The summed E-state index contributed by atoms with van der Waals surface area (Å²) in [7, 11) is 0. The van der Waals surface area contributed by atoms with Crippen LogP contribution in [0.2, 0.25) is 0 Å². The largest absolute Gasteiger partial charge is 0.491 e. The summed E-state index contributed by atoms with van der Waals surface area (Å²) < 4.78 is 5.97. The lowest BCUT2D eigenvalue weighted by Gasteiger charge is -2.24. The summed E-state index contributed by atoms with van der Waals surface area (Å²) in [5.74, 6) is 2.47. The Morgan fingerprint density at radius 1 is 1.20 bits per heavy atom. The highest BCUT2D eigenvalue weighted by atomic mass is 32.2. The number of ether oxygens (including phenoxy) is 1. The van der Waals surface area contributed by atoms with E-state index >= 15 is 0 Å². The lowest BCUT2D eigenvalue weighted by molar-refractivity contribution is 0.333. The maximum Gasteiger partial charge on any atom is 0.144 e. The van der Waals surface area contributed by atoms with Crippen LogP contribution in [-0.4, -0.2) is 44.6 Å². The number of nitrogens with one attached hydrogen (secondary N) is 1. The van der Waals surface area contributed by atoms with Crippen LogP contribution in [0.3, 0.4) is 0 Å². The van der Waals surface area contributed by atoms with Gasteiger partial charge in [-0.25, -0.2) is 9.97 Å². The number of aryl methyl sites for hydroxylation is 1. The molecular formula is C23H27N5OS. The number of pyridine rings is 2. The molecule has 156 valence electrons. The van der Waals surface area contributed by atoms with Gasteiger partial charge in [-0.2, -0.15) is 11.8 Å². The summed E-state index contributed by atoms with van der Waals surface area (Å²) in [6.45, 7) is 7.90. The lowest BCUT2D eigenvalue weighted by Crippen LogP contribution is -2.23. The fraction of sp³-hybridized carbons (Fsp3) is 0.391. The molecule has 1 N–H and O–H groups in total. The highest BCUT2D eigenvalue weighted by molar-refractivity contribution is 7.99. The van der Waals surface area contributed by atoms with Crippen molar-refractivity contribution in [1.29, 1.82) is 0 Å². The second-order valence-corrected chi connectivity index (χ2v) is 8.82. The summed E-state index contributed by atoms with van der Waals surface area (Å²) >= 11 is 1.85. The van der Waals surface area contributed by atoms with Crippen LogP contribution in [0.25, 0.3) is 11.3 Å². The van der Waals surface area contributed by atoms with Crippen LogP contribution < -0.4 is 10.1 Å². The lowest BCUT2D eigenvalue weighted by atomic mass is 9.95. The number of hydrogen-bond donors (Lipinski definition) is 1. The maximum atomic E-state index is 5.97.